The number of nitrogens with zero attached hydrogens (tertiary/aromatic N) is 1. The van der Waals surface area contributed by atoms with Gasteiger partial charge in [0.25, 0.3) is 5.91 Å². The molecule has 0 atom stereocenters. The van der Waals surface area contributed by atoms with Gasteiger partial charge in [0.2, 0.25) is 0 Å². The second kappa shape index (κ2) is 10.2. The molecular formula is C23H19ClN2O4. The molecule has 0 bridgehead atoms. The van der Waals surface area contributed by atoms with E-state index >= 15 is 0 Å². The number of ether oxygens (including phenoxy) is 2. The highest BCUT2D eigenvalue weighted by atomic mass is 35.5. The van der Waals surface area contributed by atoms with Gasteiger partial charge in [-0.25, -0.2) is 10.2 Å². The van der Waals surface area contributed by atoms with E-state index < -0.39 is 5.97 Å². The van der Waals surface area contributed by atoms with Gasteiger partial charge in [-0.1, -0.05) is 29.8 Å². The molecular weight excluding hydrogens is 404 g/mol. The number of hydrogen-bond donors (Lipinski definition) is 1. The van der Waals surface area contributed by atoms with Crippen molar-refractivity contribution in [2.45, 2.75) is 6.92 Å². The Labute approximate surface area is 179 Å². The Balaban J connectivity index is 1.47. The largest absolute Gasteiger partial charge is 0.484 e. The minimum absolute atomic E-state index is 0.140. The molecule has 3 aromatic rings. The molecule has 0 aliphatic heterocycles. The average Bonchev–Trinajstić information content (AvgIpc) is 2.73. The van der Waals surface area contributed by atoms with E-state index in [2.05, 4.69) is 10.5 Å². The summed E-state index contributed by atoms with van der Waals surface area (Å²) in [6.07, 6.45) is 1.48. The van der Waals surface area contributed by atoms with Crippen molar-refractivity contribution in [2.75, 3.05) is 6.61 Å². The summed E-state index contributed by atoms with van der Waals surface area (Å²) in [7, 11) is 0. The molecule has 0 saturated heterocycles. The first-order chi connectivity index (χ1) is 14.5. The van der Waals surface area contributed by atoms with Crippen LogP contribution in [0.3, 0.4) is 0 Å². The summed E-state index contributed by atoms with van der Waals surface area (Å²) < 4.78 is 10.7. The SMILES string of the molecule is Cc1cccc(OCC(=O)NN=Cc2ccc(OC(=O)c3cccc(Cl)c3)cc2)c1. The highest BCUT2D eigenvalue weighted by Gasteiger charge is 2.08. The van der Waals surface area contributed by atoms with Gasteiger partial charge in [-0.15, -0.1) is 0 Å². The number of hydrazone groups is 1. The lowest BCUT2D eigenvalue weighted by atomic mass is 10.2. The van der Waals surface area contributed by atoms with Crippen LogP contribution < -0.4 is 14.9 Å². The van der Waals surface area contributed by atoms with Crippen LogP contribution in [0.1, 0.15) is 21.5 Å². The maximum absolute atomic E-state index is 12.1. The van der Waals surface area contributed by atoms with Gasteiger partial charge in [-0.3, -0.25) is 4.79 Å². The molecule has 0 unspecified atom stereocenters. The first kappa shape index (κ1) is 21.1. The van der Waals surface area contributed by atoms with E-state index in [4.69, 9.17) is 21.1 Å². The molecule has 6 nitrogen and oxygen atoms in total. The number of benzene rings is 3. The van der Waals surface area contributed by atoms with Gasteiger partial charge >= 0.3 is 5.97 Å². The molecule has 0 aliphatic carbocycles. The molecule has 3 aromatic carbocycles. The number of nitrogens with one attached hydrogen (secondary N) is 1. The van der Waals surface area contributed by atoms with Crippen molar-refractivity contribution in [1.29, 1.82) is 0 Å². The van der Waals surface area contributed by atoms with Gasteiger partial charge < -0.3 is 9.47 Å². The van der Waals surface area contributed by atoms with Gasteiger partial charge in [0, 0.05) is 5.02 Å². The normalized spacial score (nSPS) is 10.6. The summed E-state index contributed by atoms with van der Waals surface area (Å²) in [4.78, 5) is 23.9. The van der Waals surface area contributed by atoms with E-state index in [1.54, 1.807) is 48.5 Å². The Morgan fingerprint density at radius 1 is 1.00 bits per heavy atom. The molecule has 0 radical (unpaired) electrons. The molecule has 152 valence electrons. The third-order valence-electron chi connectivity index (χ3n) is 3.91. The summed E-state index contributed by atoms with van der Waals surface area (Å²) in [6, 6.07) is 20.6. The van der Waals surface area contributed by atoms with Crippen LogP contribution >= 0.6 is 11.6 Å². The summed E-state index contributed by atoms with van der Waals surface area (Å²) in [6.45, 7) is 1.81. The highest BCUT2D eigenvalue weighted by Crippen LogP contribution is 2.16. The molecule has 0 aliphatic rings. The van der Waals surface area contributed by atoms with Crippen molar-refractivity contribution >= 4 is 29.7 Å². The van der Waals surface area contributed by atoms with Crippen LogP contribution in [0.5, 0.6) is 11.5 Å². The van der Waals surface area contributed by atoms with Crippen molar-refractivity contribution in [3.8, 4) is 11.5 Å². The Hall–Kier alpha value is -3.64. The zero-order chi connectivity index (χ0) is 21.3. The Bertz CT molecular complexity index is 1060. The molecule has 0 heterocycles. The van der Waals surface area contributed by atoms with Crippen LogP contribution in [-0.4, -0.2) is 24.7 Å². The number of carbonyl (C=O) groups is 2. The maximum Gasteiger partial charge on any atom is 0.343 e. The first-order valence-corrected chi connectivity index (χ1v) is 9.46. The summed E-state index contributed by atoms with van der Waals surface area (Å²) in [5.41, 5.74) is 4.53. The fraction of sp³-hybridized carbons (Fsp3) is 0.0870. The Kier molecular flexibility index (Phi) is 7.19. The van der Waals surface area contributed by atoms with Crippen molar-refractivity contribution in [3.63, 3.8) is 0 Å². The van der Waals surface area contributed by atoms with Crippen LogP contribution in [0.25, 0.3) is 0 Å². The molecule has 0 spiro atoms. The van der Waals surface area contributed by atoms with Crippen LogP contribution in [0, 0.1) is 6.92 Å². The molecule has 0 aromatic heterocycles. The maximum atomic E-state index is 12.1. The minimum Gasteiger partial charge on any atom is -0.484 e. The number of amides is 1. The van der Waals surface area contributed by atoms with Crippen molar-refractivity contribution < 1.29 is 19.1 Å². The quantitative estimate of drug-likeness (QED) is 0.265. The van der Waals surface area contributed by atoms with Crippen LogP contribution in [0.4, 0.5) is 0 Å². The molecule has 1 N–H and O–H groups in total. The fourth-order valence-corrected chi connectivity index (χ4v) is 2.66. The number of aryl methyl sites for hydroxylation is 1. The second-order valence-electron chi connectivity index (χ2n) is 6.37. The number of esters is 1. The van der Waals surface area contributed by atoms with E-state index in [1.165, 1.54) is 12.3 Å². The minimum atomic E-state index is -0.500. The van der Waals surface area contributed by atoms with Crippen LogP contribution in [0.15, 0.2) is 77.9 Å². The van der Waals surface area contributed by atoms with Gasteiger partial charge in [-0.2, -0.15) is 5.10 Å². The van der Waals surface area contributed by atoms with E-state index in [0.29, 0.717) is 22.1 Å². The van der Waals surface area contributed by atoms with Crippen LogP contribution in [-0.2, 0) is 4.79 Å². The van der Waals surface area contributed by atoms with E-state index in [0.717, 1.165) is 11.1 Å². The Morgan fingerprint density at radius 3 is 2.50 bits per heavy atom. The number of hydrogen-bond acceptors (Lipinski definition) is 5. The highest BCUT2D eigenvalue weighted by molar-refractivity contribution is 6.30. The van der Waals surface area contributed by atoms with Crippen molar-refractivity contribution in [1.82, 2.24) is 5.43 Å². The fourth-order valence-electron chi connectivity index (χ4n) is 2.47. The lowest BCUT2D eigenvalue weighted by molar-refractivity contribution is -0.123. The zero-order valence-corrected chi connectivity index (χ0v) is 16.9. The van der Waals surface area contributed by atoms with Gasteiger partial charge in [0.05, 0.1) is 11.8 Å². The molecule has 1 amide bonds. The van der Waals surface area contributed by atoms with Crippen LogP contribution in [0.2, 0.25) is 5.02 Å². The van der Waals surface area contributed by atoms with Gasteiger partial charge in [-0.05, 0) is 72.6 Å². The smallest absolute Gasteiger partial charge is 0.343 e. The van der Waals surface area contributed by atoms with E-state index in [-0.39, 0.29) is 12.5 Å². The summed E-state index contributed by atoms with van der Waals surface area (Å²) >= 11 is 5.88. The second-order valence-corrected chi connectivity index (χ2v) is 6.80. The molecule has 0 fully saturated rings. The van der Waals surface area contributed by atoms with Gasteiger partial charge in [0.15, 0.2) is 6.61 Å². The van der Waals surface area contributed by atoms with Crippen molar-refractivity contribution in [3.05, 3.63) is 94.5 Å². The lowest BCUT2D eigenvalue weighted by Crippen LogP contribution is -2.24. The summed E-state index contributed by atoms with van der Waals surface area (Å²) in [5.74, 6) is 0.129. The molecule has 30 heavy (non-hydrogen) atoms. The number of halogens is 1. The monoisotopic (exact) mass is 422 g/mol. The Morgan fingerprint density at radius 2 is 1.77 bits per heavy atom. The van der Waals surface area contributed by atoms with E-state index in [1.807, 2.05) is 25.1 Å². The van der Waals surface area contributed by atoms with Gasteiger partial charge in [0.1, 0.15) is 11.5 Å². The molecule has 3 rings (SSSR count). The standard InChI is InChI=1S/C23H19ClN2O4/c1-16-4-2-7-21(12-16)29-15-22(27)26-25-14-17-8-10-20(11-9-17)30-23(28)18-5-3-6-19(24)13-18/h2-14H,15H2,1H3,(H,26,27). The third-order valence-corrected chi connectivity index (χ3v) is 4.15. The lowest BCUT2D eigenvalue weighted by Gasteiger charge is -2.06. The van der Waals surface area contributed by atoms with Crippen molar-refractivity contribution in [2.24, 2.45) is 5.10 Å². The third kappa shape index (κ3) is 6.46. The topological polar surface area (TPSA) is 77.0 Å². The number of rotatable bonds is 7. The average molecular weight is 423 g/mol. The van der Waals surface area contributed by atoms with E-state index in [9.17, 15) is 9.59 Å². The predicted molar refractivity (Wildman–Crippen MR) is 115 cm³/mol. The first-order valence-electron chi connectivity index (χ1n) is 9.09. The molecule has 7 heteroatoms. The molecule has 0 saturated carbocycles. The zero-order valence-electron chi connectivity index (χ0n) is 16.2. The summed E-state index contributed by atoms with van der Waals surface area (Å²) in [5, 5.41) is 4.35. The predicted octanol–water partition coefficient (Wildman–Crippen LogP) is 4.40. The number of carbonyl (C=O) groups excluding carboxylic acids is 2.